The standard InChI is InChI=1S/C36H38N4O8.Pd/c1-17-21(5-9-33(41)42)29-14-27-19(3)23(7-11-35(45)46)31(39-27)16-32-24(8-12-36(47)48)20(4)28(40-32)15-30-22(6-10-34(43)44)18(2)26(38-30)13-25(17)37-29;/h13-16,39-40H,5-12H2,1-4H3,(H,41,42)(H,43,44)(H,45,46)(H,47,48);/q;+2. The zero-order valence-electron chi connectivity index (χ0n) is 27.6. The molecule has 3 aromatic heterocycles. The van der Waals surface area contributed by atoms with Crippen molar-refractivity contribution in [2.24, 2.45) is 0 Å². The largest absolute Gasteiger partial charge is 2.00 e. The Kier molecular flexibility index (Phi) is 11.4. The Morgan fingerprint density at radius 3 is 1.20 bits per heavy atom. The number of rotatable bonds is 12. The maximum Gasteiger partial charge on any atom is 2.00 e. The summed E-state index contributed by atoms with van der Waals surface area (Å²) in [5, 5.41) is 38.0. The predicted octanol–water partition coefficient (Wildman–Crippen LogP) is 6.55. The van der Waals surface area contributed by atoms with Gasteiger partial charge in [-0.25, -0.2) is 9.97 Å². The third-order valence-corrected chi connectivity index (χ3v) is 9.16. The molecule has 0 aromatic carbocycles. The molecule has 0 unspecified atom stereocenters. The fourth-order valence-electron chi connectivity index (χ4n) is 6.42. The Bertz CT molecular complexity index is 1960. The molecule has 3 aromatic rings. The van der Waals surface area contributed by atoms with Crippen LogP contribution in [0, 0.1) is 13.8 Å². The number of carboxylic acid groups (broad SMARTS) is 4. The maximum atomic E-state index is 11.6. The number of aromatic nitrogens is 4. The van der Waals surface area contributed by atoms with Crippen molar-refractivity contribution in [1.29, 1.82) is 0 Å². The van der Waals surface area contributed by atoms with Gasteiger partial charge in [-0.05, 0) is 122 Å². The van der Waals surface area contributed by atoms with Crippen molar-refractivity contribution in [2.75, 3.05) is 0 Å². The molecule has 2 aliphatic rings. The zero-order chi connectivity index (χ0) is 34.9. The van der Waals surface area contributed by atoms with Gasteiger partial charge in [-0.1, -0.05) is 0 Å². The Morgan fingerprint density at radius 2 is 0.857 bits per heavy atom. The molecule has 258 valence electrons. The molecule has 2 aliphatic heterocycles. The van der Waals surface area contributed by atoms with Gasteiger partial charge in [-0.15, -0.1) is 0 Å². The summed E-state index contributed by atoms with van der Waals surface area (Å²) in [6.07, 6.45) is 0.562. The van der Waals surface area contributed by atoms with Crippen LogP contribution < -0.4 is 0 Å². The van der Waals surface area contributed by atoms with E-state index < -0.39 is 23.9 Å². The smallest absolute Gasteiger partial charge is 0.481 e. The van der Waals surface area contributed by atoms with E-state index in [4.69, 9.17) is 9.97 Å². The molecule has 5 heterocycles. The molecule has 0 saturated carbocycles. The number of fused-ring (bicyclic) bond motifs is 8. The molecule has 12 nitrogen and oxygen atoms in total. The summed E-state index contributed by atoms with van der Waals surface area (Å²) < 4.78 is 0. The fraction of sp³-hybridized carbons (Fsp3) is 0.333. The minimum Gasteiger partial charge on any atom is -0.481 e. The number of H-pyrrole nitrogens is 2. The first-order valence-corrected chi connectivity index (χ1v) is 15.7. The van der Waals surface area contributed by atoms with Gasteiger partial charge in [-0.3, -0.25) is 19.2 Å². The summed E-state index contributed by atoms with van der Waals surface area (Å²) in [6, 6.07) is 7.40. The van der Waals surface area contributed by atoms with Gasteiger partial charge >= 0.3 is 44.3 Å². The van der Waals surface area contributed by atoms with Crippen molar-refractivity contribution >= 4 is 68.2 Å². The Hall–Kier alpha value is -4.86. The van der Waals surface area contributed by atoms with Gasteiger partial charge in [0.15, 0.2) is 0 Å². The molecule has 0 aliphatic carbocycles. The molecule has 13 heteroatoms. The number of nitrogens with zero attached hydrogens (tertiary/aromatic N) is 2. The number of carboxylic acids is 4. The first-order chi connectivity index (χ1) is 22.7. The molecule has 49 heavy (non-hydrogen) atoms. The summed E-state index contributed by atoms with van der Waals surface area (Å²) in [4.78, 5) is 63.1. The third-order valence-electron chi connectivity index (χ3n) is 9.16. The van der Waals surface area contributed by atoms with Crippen LogP contribution in [0.4, 0.5) is 0 Å². The Morgan fingerprint density at radius 1 is 0.510 bits per heavy atom. The van der Waals surface area contributed by atoms with Crippen LogP contribution in [0.2, 0.25) is 0 Å². The summed E-state index contributed by atoms with van der Waals surface area (Å²) in [7, 11) is 0. The van der Waals surface area contributed by atoms with Gasteiger partial charge in [0.1, 0.15) is 0 Å². The minimum absolute atomic E-state index is 0. The van der Waals surface area contributed by atoms with E-state index in [9.17, 15) is 39.6 Å². The van der Waals surface area contributed by atoms with Gasteiger partial charge in [0.05, 0.1) is 22.8 Å². The normalized spacial score (nSPS) is 12.7. The maximum absolute atomic E-state index is 11.6. The van der Waals surface area contributed by atoms with Crippen LogP contribution in [0.15, 0.2) is 24.3 Å². The summed E-state index contributed by atoms with van der Waals surface area (Å²) in [5.74, 6) is -3.77. The van der Waals surface area contributed by atoms with E-state index >= 15 is 0 Å². The number of aryl methyl sites for hydroxylation is 4. The van der Waals surface area contributed by atoms with Crippen LogP contribution in [0.25, 0.3) is 44.4 Å². The molecule has 5 rings (SSSR count). The monoisotopic (exact) mass is 760 g/mol. The summed E-state index contributed by atoms with van der Waals surface area (Å²) in [5.41, 5.74) is 11.4. The van der Waals surface area contributed by atoms with Gasteiger partial charge < -0.3 is 30.4 Å². The summed E-state index contributed by atoms with van der Waals surface area (Å²) in [6.45, 7) is 7.57. The Balaban J connectivity index is 0.00000541. The van der Waals surface area contributed by atoms with Crippen LogP contribution in [0.5, 0.6) is 0 Å². The number of aromatic amines is 2. The number of carbonyl (C=O) groups is 4. The SMILES string of the molecule is CC1=C(CCC(=O)O)c2cc3[nH]c(cc4[nH]c(cc5nc(cc1n2)C(C)=C5CCC(=O)O)c(C)c4CCC(=O)O)c(CCC(=O)O)c3C.[Pd+2]. The van der Waals surface area contributed by atoms with Crippen molar-refractivity contribution in [1.82, 2.24) is 19.9 Å². The third kappa shape index (κ3) is 8.07. The van der Waals surface area contributed by atoms with Crippen molar-refractivity contribution in [3.63, 3.8) is 0 Å². The van der Waals surface area contributed by atoms with E-state index in [1.807, 2.05) is 52.0 Å². The predicted molar refractivity (Wildman–Crippen MR) is 181 cm³/mol. The molecule has 0 atom stereocenters. The van der Waals surface area contributed by atoms with E-state index in [2.05, 4.69) is 9.97 Å². The second-order valence-electron chi connectivity index (χ2n) is 12.2. The molecule has 0 fully saturated rings. The van der Waals surface area contributed by atoms with Crippen LogP contribution in [-0.2, 0) is 52.4 Å². The molecule has 8 bridgehead atoms. The van der Waals surface area contributed by atoms with Crippen LogP contribution in [-0.4, -0.2) is 64.2 Å². The minimum atomic E-state index is -0.944. The first-order valence-electron chi connectivity index (χ1n) is 15.7. The van der Waals surface area contributed by atoms with E-state index in [1.54, 1.807) is 0 Å². The molecule has 0 amide bonds. The topological polar surface area (TPSA) is 207 Å². The second-order valence-corrected chi connectivity index (χ2v) is 12.2. The van der Waals surface area contributed by atoms with Crippen LogP contribution in [0.1, 0.15) is 97.4 Å². The average molecular weight is 761 g/mol. The first kappa shape index (κ1) is 37.0. The van der Waals surface area contributed by atoms with Gasteiger partial charge in [0.2, 0.25) is 0 Å². The molecular formula is C36H38N4O8Pd+2. The quantitative estimate of drug-likeness (QED) is 0.110. The number of allylic oxidation sites excluding steroid dienone is 4. The van der Waals surface area contributed by atoms with Crippen molar-refractivity contribution in [3.8, 4) is 0 Å². The van der Waals surface area contributed by atoms with E-state index in [0.717, 1.165) is 44.5 Å². The summed E-state index contributed by atoms with van der Waals surface area (Å²) >= 11 is 0. The number of nitrogens with one attached hydrogen (secondary N) is 2. The van der Waals surface area contributed by atoms with Gasteiger partial charge in [0.25, 0.3) is 0 Å². The van der Waals surface area contributed by atoms with E-state index in [-0.39, 0.29) is 71.8 Å². The molecule has 0 radical (unpaired) electrons. The van der Waals surface area contributed by atoms with Crippen molar-refractivity contribution in [3.05, 3.63) is 69.3 Å². The van der Waals surface area contributed by atoms with E-state index in [0.29, 0.717) is 44.8 Å². The van der Waals surface area contributed by atoms with Gasteiger partial charge in [-0.2, -0.15) is 0 Å². The molecule has 0 saturated heterocycles. The van der Waals surface area contributed by atoms with Crippen molar-refractivity contribution < 1.29 is 60.0 Å². The van der Waals surface area contributed by atoms with Crippen molar-refractivity contribution in [2.45, 2.75) is 79.1 Å². The molecule has 0 spiro atoms. The van der Waals surface area contributed by atoms with Crippen LogP contribution in [0.3, 0.4) is 0 Å². The second kappa shape index (κ2) is 15.1. The van der Waals surface area contributed by atoms with Gasteiger partial charge in [0, 0.05) is 47.8 Å². The molecule has 6 N–H and O–H groups in total. The Labute approximate surface area is 295 Å². The number of hydrogen-bond donors (Lipinski definition) is 6. The zero-order valence-corrected chi connectivity index (χ0v) is 29.2. The van der Waals surface area contributed by atoms with E-state index in [1.165, 1.54) is 0 Å². The molecular weight excluding hydrogens is 723 g/mol. The fourth-order valence-corrected chi connectivity index (χ4v) is 6.42. The average Bonchev–Trinajstić information content (AvgIpc) is 3.66. The number of hydrogen-bond acceptors (Lipinski definition) is 6. The van der Waals surface area contributed by atoms with Crippen LogP contribution >= 0.6 is 0 Å². The number of aliphatic carboxylic acids is 4.